The van der Waals surface area contributed by atoms with E-state index in [4.69, 9.17) is 4.74 Å². The molecule has 94 valence electrons. The summed E-state index contributed by atoms with van der Waals surface area (Å²) < 4.78 is 7.20. The molecule has 4 nitrogen and oxygen atoms in total. The highest BCUT2D eigenvalue weighted by molar-refractivity contribution is 5.89. The molecule has 2 heterocycles. The zero-order chi connectivity index (χ0) is 12.4. The van der Waals surface area contributed by atoms with E-state index in [9.17, 15) is 4.79 Å². The monoisotopic (exact) mass is 236 g/mol. The lowest BCUT2D eigenvalue weighted by Gasteiger charge is -2.15. The highest BCUT2D eigenvalue weighted by Crippen LogP contribution is 2.25. The molecular formula is C13H20N2O2. The maximum atomic E-state index is 12.0. The molecule has 4 heteroatoms. The topological polar surface area (TPSA) is 44.1 Å². The Morgan fingerprint density at radius 2 is 2.24 bits per heavy atom. The van der Waals surface area contributed by atoms with Crippen LogP contribution < -0.4 is 0 Å². The number of imidazole rings is 1. The second-order valence-electron chi connectivity index (χ2n) is 4.75. The first-order chi connectivity index (χ1) is 8.15. The fraction of sp³-hybridized carbons (Fsp3) is 0.692. The smallest absolute Gasteiger partial charge is 0.356 e. The second-order valence-corrected chi connectivity index (χ2v) is 4.75. The van der Waals surface area contributed by atoms with Crippen molar-refractivity contribution in [1.82, 2.24) is 9.55 Å². The van der Waals surface area contributed by atoms with Gasteiger partial charge in [-0.15, -0.1) is 0 Å². The van der Waals surface area contributed by atoms with Crippen LogP contribution in [0.25, 0.3) is 0 Å². The summed E-state index contributed by atoms with van der Waals surface area (Å²) in [6.45, 7) is 7.27. The van der Waals surface area contributed by atoms with E-state index in [0.29, 0.717) is 12.3 Å². The van der Waals surface area contributed by atoms with E-state index >= 15 is 0 Å². The molecule has 1 aromatic heterocycles. The average molecular weight is 236 g/mol. The Hall–Kier alpha value is -1.32. The van der Waals surface area contributed by atoms with Gasteiger partial charge in [0.1, 0.15) is 5.82 Å². The standard InChI is InChI=1S/C13H20N2O2/c1-4-17-13(16)12-11(9(2)3)14-10-7-5-6-8-15(10)12/h9H,4-8H2,1-3H3. The summed E-state index contributed by atoms with van der Waals surface area (Å²) in [5.74, 6) is 1.08. The SMILES string of the molecule is CCOC(=O)c1c(C(C)C)nc2n1CCCC2. The third-order valence-electron chi connectivity index (χ3n) is 3.12. The lowest BCUT2D eigenvalue weighted by molar-refractivity contribution is 0.0510. The van der Waals surface area contributed by atoms with Gasteiger partial charge in [0.2, 0.25) is 0 Å². The normalized spacial score (nSPS) is 14.8. The molecule has 0 atom stereocenters. The Kier molecular flexibility index (Phi) is 3.50. The zero-order valence-electron chi connectivity index (χ0n) is 10.8. The summed E-state index contributed by atoms with van der Waals surface area (Å²) in [4.78, 5) is 16.6. The van der Waals surface area contributed by atoms with E-state index in [0.717, 1.165) is 37.3 Å². The number of aromatic nitrogens is 2. The zero-order valence-corrected chi connectivity index (χ0v) is 10.8. The van der Waals surface area contributed by atoms with Gasteiger partial charge in [0, 0.05) is 13.0 Å². The fourth-order valence-corrected chi connectivity index (χ4v) is 2.32. The summed E-state index contributed by atoms with van der Waals surface area (Å²) in [5, 5.41) is 0. The predicted molar refractivity (Wildman–Crippen MR) is 65.2 cm³/mol. The van der Waals surface area contributed by atoms with Crippen molar-refractivity contribution in [2.75, 3.05) is 6.61 Å². The van der Waals surface area contributed by atoms with Crippen LogP contribution >= 0.6 is 0 Å². The van der Waals surface area contributed by atoms with Gasteiger partial charge in [-0.2, -0.15) is 0 Å². The molecule has 17 heavy (non-hydrogen) atoms. The van der Waals surface area contributed by atoms with E-state index < -0.39 is 0 Å². The first-order valence-corrected chi connectivity index (χ1v) is 6.41. The van der Waals surface area contributed by atoms with Crippen molar-refractivity contribution in [3.8, 4) is 0 Å². The molecule has 1 aromatic rings. The van der Waals surface area contributed by atoms with Gasteiger partial charge in [-0.25, -0.2) is 9.78 Å². The molecule has 0 aromatic carbocycles. The fourth-order valence-electron chi connectivity index (χ4n) is 2.32. The number of aryl methyl sites for hydroxylation is 1. The Bertz CT molecular complexity index is 421. The summed E-state index contributed by atoms with van der Waals surface area (Å²) in [5.41, 5.74) is 1.57. The summed E-state index contributed by atoms with van der Waals surface area (Å²) in [6, 6.07) is 0. The van der Waals surface area contributed by atoms with Gasteiger partial charge in [0.05, 0.1) is 12.3 Å². The predicted octanol–water partition coefficient (Wildman–Crippen LogP) is 2.52. The number of nitrogens with zero attached hydrogens (tertiary/aromatic N) is 2. The molecule has 0 spiro atoms. The van der Waals surface area contributed by atoms with Crippen molar-refractivity contribution in [2.45, 2.75) is 52.5 Å². The van der Waals surface area contributed by atoms with Crippen molar-refractivity contribution < 1.29 is 9.53 Å². The lowest BCUT2D eigenvalue weighted by Crippen LogP contribution is -2.18. The number of fused-ring (bicyclic) bond motifs is 1. The Morgan fingerprint density at radius 3 is 2.88 bits per heavy atom. The van der Waals surface area contributed by atoms with Crippen LogP contribution in [0.4, 0.5) is 0 Å². The number of carbonyl (C=O) groups excluding carboxylic acids is 1. The molecule has 2 rings (SSSR count). The van der Waals surface area contributed by atoms with E-state index in [1.54, 1.807) is 0 Å². The number of hydrogen-bond acceptors (Lipinski definition) is 3. The van der Waals surface area contributed by atoms with Crippen LogP contribution in [0, 0.1) is 0 Å². The molecule has 0 saturated heterocycles. The van der Waals surface area contributed by atoms with E-state index in [2.05, 4.69) is 23.4 Å². The maximum Gasteiger partial charge on any atom is 0.356 e. The van der Waals surface area contributed by atoms with Crippen LogP contribution in [-0.2, 0) is 17.7 Å². The molecule has 0 saturated carbocycles. The van der Waals surface area contributed by atoms with Crippen LogP contribution in [0.3, 0.4) is 0 Å². The number of rotatable bonds is 3. The molecule has 1 aliphatic heterocycles. The third kappa shape index (κ3) is 2.21. The molecule has 0 aliphatic carbocycles. The Morgan fingerprint density at radius 1 is 1.47 bits per heavy atom. The third-order valence-corrected chi connectivity index (χ3v) is 3.12. The van der Waals surface area contributed by atoms with E-state index in [1.165, 1.54) is 0 Å². The summed E-state index contributed by atoms with van der Waals surface area (Å²) >= 11 is 0. The van der Waals surface area contributed by atoms with E-state index in [-0.39, 0.29) is 11.9 Å². The van der Waals surface area contributed by atoms with Crippen molar-refractivity contribution >= 4 is 5.97 Å². The molecular weight excluding hydrogens is 216 g/mol. The summed E-state index contributed by atoms with van der Waals surface area (Å²) in [7, 11) is 0. The molecule has 0 N–H and O–H groups in total. The second kappa shape index (κ2) is 4.90. The first-order valence-electron chi connectivity index (χ1n) is 6.41. The van der Waals surface area contributed by atoms with Gasteiger partial charge in [0.15, 0.2) is 5.69 Å². The van der Waals surface area contributed by atoms with Crippen LogP contribution in [0.5, 0.6) is 0 Å². The first kappa shape index (κ1) is 12.1. The maximum absolute atomic E-state index is 12.0. The molecule has 0 radical (unpaired) electrons. The minimum atomic E-state index is -0.225. The van der Waals surface area contributed by atoms with Crippen molar-refractivity contribution in [3.63, 3.8) is 0 Å². The minimum Gasteiger partial charge on any atom is -0.461 e. The number of hydrogen-bond donors (Lipinski definition) is 0. The molecule has 0 bridgehead atoms. The van der Waals surface area contributed by atoms with Gasteiger partial charge in [0.25, 0.3) is 0 Å². The molecule has 0 amide bonds. The van der Waals surface area contributed by atoms with Crippen molar-refractivity contribution in [2.24, 2.45) is 0 Å². The van der Waals surface area contributed by atoms with Crippen LogP contribution in [0.1, 0.15) is 61.5 Å². The number of carbonyl (C=O) groups is 1. The minimum absolute atomic E-state index is 0.225. The quantitative estimate of drug-likeness (QED) is 0.757. The van der Waals surface area contributed by atoms with Gasteiger partial charge < -0.3 is 9.30 Å². The lowest BCUT2D eigenvalue weighted by atomic mass is 10.1. The van der Waals surface area contributed by atoms with Gasteiger partial charge in [-0.1, -0.05) is 13.8 Å². The number of esters is 1. The summed E-state index contributed by atoms with van der Waals surface area (Å²) in [6.07, 6.45) is 3.25. The Balaban J connectivity index is 2.45. The molecule has 0 unspecified atom stereocenters. The molecule has 0 fully saturated rings. The average Bonchev–Trinajstić information content (AvgIpc) is 2.68. The number of ether oxygens (including phenoxy) is 1. The molecule has 1 aliphatic rings. The van der Waals surface area contributed by atoms with E-state index in [1.807, 2.05) is 6.92 Å². The van der Waals surface area contributed by atoms with Crippen LogP contribution in [0.15, 0.2) is 0 Å². The Labute approximate surface area is 102 Å². The van der Waals surface area contributed by atoms with Crippen molar-refractivity contribution in [1.29, 1.82) is 0 Å². The highest BCUT2D eigenvalue weighted by Gasteiger charge is 2.26. The van der Waals surface area contributed by atoms with Crippen molar-refractivity contribution in [3.05, 3.63) is 17.2 Å². The van der Waals surface area contributed by atoms with Gasteiger partial charge >= 0.3 is 5.97 Å². The van der Waals surface area contributed by atoms with Gasteiger partial charge in [-0.3, -0.25) is 0 Å². The van der Waals surface area contributed by atoms with Crippen LogP contribution in [0.2, 0.25) is 0 Å². The largest absolute Gasteiger partial charge is 0.461 e. The van der Waals surface area contributed by atoms with Gasteiger partial charge in [-0.05, 0) is 25.7 Å². The van der Waals surface area contributed by atoms with Crippen LogP contribution in [-0.4, -0.2) is 22.1 Å². The highest BCUT2D eigenvalue weighted by atomic mass is 16.5.